The third-order valence-electron chi connectivity index (χ3n) is 3.97. The van der Waals surface area contributed by atoms with E-state index in [1.165, 1.54) is 40.1 Å². The maximum Gasteiger partial charge on any atom is 0.433 e. The van der Waals surface area contributed by atoms with E-state index >= 15 is 0 Å². The van der Waals surface area contributed by atoms with Gasteiger partial charge >= 0.3 is 5.88 Å². The Labute approximate surface area is 146 Å². The molecule has 126 valence electrons. The molecule has 4 rings (SSSR count). The lowest BCUT2D eigenvalue weighted by Crippen LogP contribution is -2.02. The number of ether oxygens (including phenoxy) is 1. The van der Waals surface area contributed by atoms with Gasteiger partial charge in [0.2, 0.25) is 5.13 Å². The molecule has 0 bridgehead atoms. The van der Waals surface area contributed by atoms with E-state index in [1.807, 2.05) is 18.2 Å². The summed E-state index contributed by atoms with van der Waals surface area (Å²) in [5.74, 6) is 0.864. The summed E-state index contributed by atoms with van der Waals surface area (Å²) in [6, 6.07) is 8.81. The van der Waals surface area contributed by atoms with Gasteiger partial charge in [-0.3, -0.25) is 10.1 Å². The van der Waals surface area contributed by atoms with Crippen molar-refractivity contribution in [1.29, 1.82) is 0 Å². The van der Waals surface area contributed by atoms with Gasteiger partial charge in [-0.15, -0.1) is 0 Å². The summed E-state index contributed by atoms with van der Waals surface area (Å²) in [6.45, 7) is 0. The van der Waals surface area contributed by atoms with Gasteiger partial charge in [0.1, 0.15) is 10.7 Å². The first-order valence-electron chi connectivity index (χ1n) is 7.59. The van der Waals surface area contributed by atoms with Crippen LogP contribution in [0.4, 0.5) is 11.0 Å². The van der Waals surface area contributed by atoms with Gasteiger partial charge in [0.05, 0.1) is 25.1 Å². The summed E-state index contributed by atoms with van der Waals surface area (Å²) in [4.78, 5) is 20.2. The summed E-state index contributed by atoms with van der Waals surface area (Å²) in [5, 5.41) is 11.2. The van der Waals surface area contributed by atoms with Crippen molar-refractivity contribution >= 4 is 28.6 Å². The minimum atomic E-state index is -0.579. The topological polar surface area (TPSA) is 90.8 Å². The molecular weight excluding hydrogens is 342 g/mol. The molecule has 2 heterocycles. The molecule has 0 atom stereocenters. The molecule has 8 heteroatoms. The second kappa shape index (κ2) is 6.14. The van der Waals surface area contributed by atoms with Crippen molar-refractivity contribution < 1.29 is 14.1 Å². The smallest absolute Gasteiger partial charge is 0.433 e. The van der Waals surface area contributed by atoms with Crippen molar-refractivity contribution in [2.24, 2.45) is 4.99 Å². The zero-order valence-corrected chi connectivity index (χ0v) is 14.1. The van der Waals surface area contributed by atoms with Gasteiger partial charge in [0.25, 0.3) is 0 Å². The molecular formula is C17H13N3O4S. The van der Waals surface area contributed by atoms with Crippen LogP contribution in [0.25, 0.3) is 11.3 Å². The molecule has 2 aromatic heterocycles. The number of hydrogen-bond donors (Lipinski definition) is 0. The van der Waals surface area contributed by atoms with Gasteiger partial charge < -0.3 is 9.15 Å². The molecule has 0 unspecified atom stereocenters. The van der Waals surface area contributed by atoms with Gasteiger partial charge in [-0.25, -0.2) is 9.98 Å². The second-order valence-corrected chi connectivity index (χ2v) is 6.54. The molecule has 0 aliphatic heterocycles. The monoisotopic (exact) mass is 355 g/mol. The summed E-state index contributed by atoms with van der Waals surface area (Å²) < 4.78 is 10.3. The highest BCUT2D eigenvalue weighted by Crippen LogP contribution is 2.40. The van der Waals surface area contributed by atoms with Crippen LogP contribution in [0.5, 0.6) is 5.75 Å². The molecule has 0 spiro atoms. The van der Waals surface area contributed by atoms with E-state index in [1.54, 1.807) is 7.11 Å². The van der Waals surface area contributed by atoms with Crippen LogP contribution in [0.15, 0.2) is 39.7 Å². The van der Waals surface area contributed by atoms with E-state index in [0.29, 0.717) is 10.9 Å². The highest BCUT2D eigenvalue weighted by Gasteiger charge is 2.21. The normalized spacial score (nSPS) is 12.8. The first-order valence-corrected chi connectivity index (χ1v) is 8.41. The lowest BCUT2D eigenvalue weighted by Gasteiger charge is -2.15. The Morgan fingerprint density at radius 1 is 1.36 bits per heavy atom. The fourth-order valence-electron chi connectivity index (χ4n) is 2.79. The van der Waals surface area contributed by atoms with Gasteiger partial charge in [-0.05, 0) is 42.7 Å². The number of methoxy groups -OCH3 is 1. The average molecular weight is 355 g/mol. The van der Waals surface area contributed by atoms with Crippen LogP contribution in [0.1, 0.15) is 16.2 Å². The van der Waals surface area contributed by atoms with Crippen molar-refractivity contribution in [3.05, 3.63) is 56.6 Å². The fourth-order valence-corrected chi connectivity index (χ4v) is 3.71. The summed E-state index contributed by atoms with van der Waals surface area (Å²) in [6.07, 6.45) is 3.30. The highest BCUT2D eigenvalue weighted by atomic mass is 32.1. The van der Waals surface area contributed by atoms with Gasteiger partial charge in [0, 0.05) is 10.4 Å². The van der Waals surface area contributed by atoms with E-state index in [4.69, 9.17) is 9.15 Å². The van der Waals surface area contributed by atoms with E-state index < -0.39 is 4.92 Å². The van der Waals surface area contributed by atoms with Crippen molar-refractivity contribution in [2.75, 3.05) is 7.11 Å². The number of hydrogen-bond acceptors (Lipinski definition) is 7. The number of benzene rings is 1. The van der Waals surface area contributed by atoms with Crippen LogP contribution >= 0.6 is 11.3 Å². The summed E-state index contributed by atoms with van der Waals surface area (Å²) in [7, 11) is 1.66. The Hall–Kier alpha value is -3.00. The lowest BCUT2D eigenvalue weighted by atomic mass is 9.93. The van der Waals surface area contributed by atoms with E-state index in [-0.39, 0.29) is 5.88 Å². The first kappa shape index (κ1) is 15.5. The molecule has 0 fully saturated rings. The average Bonchev–Trinajstić information content (AvgIpc) is 3.26. The Bertz CT molecular complexity index is 990. The zero-order valence-electron chi connectivity index (χ0n) is 13.3. The third-order valence-corrected chi connectivity index (χ3v) is 4.99. The number of aliphatic imine (C=N–C) groups is 1. The summed E-state index contributed by atoms with van der Waals surface area (Å²) >= 11 is 1.53. The molecule has 0 amide bonds. The number of fused-ring (bicyclic) bond motifs is 3. The van der Waals surface area contributed by atoms with Gasteiger partial charge in [-0.2, -0.15) is 0 Å². The maximum absolute atomic E-state index is 10.6. The molecule has 7 nitrogen and oxygen atoms in total. The second-order valence-electron chi connectivity index (χ2n) is 5.48. The molecule has 0 saturated carbocycles. The van der Waals surface area contributed by atoms with Crippen molar-refractivity contribution in [2.45, 2.75) is 12.8 Å². The predicted octanol–water partition coefficient (Wildman–Crippen LogP) is 4.17. The quantitative estimate of drug-likeness (QED) is 0.398. The van der Waals surface area contributed by atoms with Gasteiger partial charge in [0.15, 0.2) is 5.76 Å². The Morgan fingerprint density at radius 2 is 2.24 bits per heavy atom. The van der Waals surface area contributed by atoms with Crippen LogP contribution < -0.4 is 4.74 Å². The molecule has 0 saturated heterocycles. The third kappa shape index (κ3) is 2.91. The number of nitrogens with zero attached hydrogens (tertiary/aromatic N) is 3. The summed E-state index contributed by atoms with van der Waals surface area (Å²) in [5.41, 5.74) is 3.27. The van der Waals surface area contributed by atoms with E-state index in [9.17, 15) is 10.1 Å². The first-order chi connectivity index (χ1) is 12.1. The lowest BCUT2D eigenvalue weighted by molar-refractivity contribution is -0.402. The van der Waals surface area contributed by atoms with Crippen LogP contribution in [0, 0.1) is 10.1 Å². The van der Waals surface area contributed by atoms with Gasteiger partial charge in [-0.1, -0.05) is 11.3 Å². The molecule has 0 N–H and O–H groups in total. The minimum absolute atomic E-state index is 0.303. The van der Waals surface area contributed by atoms with Crippen molar-refractivity contribution in [1.82, 2.24) is 4.98 Å². The number of rotatable bonds is 4. The molecule has 0 radical (unpaired) electrons. The Kier molecular flexibility index (Phi) is 3.81. The number of aromatic nitrogens is 1. The standard InChI is InChI=1S/C17H13N3O4S/c1-23-11-3-5-13-10(8-11)2-6-14-16(13)19-17(25-14)18-9-12-4-7-15(24-12)20(21)22/h3-5,7-9H,2,6H2,1H3/b18-9+. The van der Waals surface area contributed by atoms with Crippen molar-refractivity contribution in [3.63, 3.8) is 0 Å². The minimum Gasteiger partial charge on any atom is -0.497 e. The van der Waals surface area contributed by atoms with E-state index in [2.05, 4.69) is 9.98 Å². The molecule has 1 aliphatic carbocycles. The number of nitro groups is 1. The Morgan fingerprint density at radius 3 is 3.00 bits per heavy atom. The van der Waals surface area contributed by atoms with Crippen LogP contribution in [0.3, 0.4) is 0 Å². The fraction of sp³-hybridized carbons (Fsp3) is 0.176. The highest BCUT2D eigenvalue weighted by molar-refractivity contribution is 7.15. The predicted molar refractivity (Wildman–Crippen MR) is 94.1 cm³/mol. The number of aryl methyl sites for hydroxylation is 2. The molecule has 3 aromatic rings. The zero-order chi connectivity index (χ0) is 17.4. The SMILES string of the molecule is COc1ccc2c(c1)CCc1sc(/N=C/c3ccc([N+](=O)[O-])o3)nc1-2. The van der Waals surface area contributed by atoms with Crippen LogP contribution in [-0.4, -0.2) is 23.2 Å². The Balaban J connectivity index is 1.62. The van der Waals surface area contributed by atoms with Crippen molar-refractivity contribution in [3.8, 4) is 17.0 Å². The van der Waals surface area contributed by atoms with Crippen LogP contribution in [0.2, 0.25) is 0 Å². The molecule has 1 aliphatic rings. The van der Waals surface area contributed by atoms with Crippen LogP contribution in [-0.2, 0) is 12.8 Å². The molecule has 1 aromatic carbocycles. The number of furan rings is 1. The molecule has 25 heavy (non-hydrogen) atoms. The largest absolute Gasteiger partial charge is 0.497 e. The maximum atomic E-state index is 10.6. The number of thiazole rings is 1. The van der Waals surface area contributed by atoms with E-state index in [0.717, 1.165) is 29.8 Å².